The van der Waals surface area contributed by atoms with Crippen molar-refractivity contribution in [3.63, 3.8) is 0 Å². The lowest BCUT2D eigenvalue weighted by Crippen LogP contribution is -2.13. The summed E-state index contributed by atoms with van der Waals surface area (Å²) in [7, 11) is 1.37. The highest BCUT2D eigenvalue weighted by Crippen LogP contribution is 2.22. The summed E-state index contributed by atoms with van der Waals surface area (Å²) in [4.78, 5) is 11.1. The molecular formula is C16H16O4. The molecule has 104 valence electrons. The molecule has 2 rings (SSSR count). The number of hydrogen-bond acceptors (Lipinski definition) is 3. The normalized spacial score (nSPS) is 11.8. The van der Waals surface area contributed by atoms with Crippen molar-refractivity contribution in [3.05, 3.63) is 65.7 Å². The Labute approximate surface area is 117 Å². The van der Waals surface area contributed by atoms with Gasteiger partial charge < -0.3 is 14.6 Å². The summed E-state index contributed by atoms with van der Waals surface area (Å²) in [6.07, 6.45) is -0.977. The molecule has 0 aliphatic heterocycles. The van der Waals surface area contributed by atoms with Crippen molar-refractivity contribution in [1.29, 1.82) is 0 Å². The van der Waals surface area contributed by atoms with Gasteiger partial charge in [0.25, 0.3) is 0 Å². The minimum atomic E-state index is -1.02. The zero-order chi connectivity index (χ0) is 14.4. The molecule has 0 radical (unpaired) electrons. The Morgan fingerprint density at radius 2 is 1.90 bits per heavy atom. The Morgan fingerprint density at radius 1 is 1.15 bits per heavy atom. The summed E-state index contributed by atoms with van der Waals surface area (Å²) in [6.45, 7) is 0.439. The van der Waals surface area contributed by atoms with Crippen molar-refractivity contribution in [2.75, 3.05) is 7.11 Å². The minimum Gasteiger partial charge on any atom is -0.489 e. The van der Waals surface area contributed by atoms with E-state index in [0.29, 0.717) is 17.9 Å². The van der Waals surface area contributed by atoms with Crippen LogP contribution in [0.3, 0.4) is 0 Å². The lowest BCUT2D eigenvalue weighted by atomic mass is 10.1. The van der Waals surface area contributed by atoms with Gasteiger partial charge in [0.1, 0.15) is 12.4 Å². The summed E-state index contributed by atoms with van der Waals surface area (Å²) in [5, 5.41) is 9.06. The monoisotopic (exact) mass is 272 g/mol. The maximum atomic E-state index is 11.1. The van der Waals surface area contributed by atoms with Gasteiger partial charge in [-0.15, -0.1) is 0 Å². The van der Waals surface area contributed by atoms with Crippen LogP contribution < -0.4 is 4.74 Å². The summed E-state index contributed by atoms with van der Waals surface area (Å²) in [5.41, 5.74) is 1.62. The molecule has 2 aromatic rings. The van der Waals surface area contributed by atoms with Gasteiger partial charge in [-0.3, -0.25) is 0 Å². The van der Waals surface area contributed by atoms with Gasteiger partial charge in [-0.2, -0.15) is 0 Å². The number of methoxy groups -OCH3 is 1. The summed E-state index contributed by atoms with van der Waals surface area (Å²) >= 11 is 0. The van der Waals surface area contributed by atoms with Gasteiger partial charge in [0.2, 0.25) is 0 Å². The fourth-order valence-electron chi connectivity index (χ4n) is 1.89. The Balaban J connectivity index is 2.08. The third-order valence-corrected chi connectivity index (χ3v) is 2.87. The topological polar surface area (TPSA) is 55.8 Å². The van der Waals surface area contributed by atoms with Gasteiger partial charge in [0.05, 0.1) is 0 Å². The average Bonchev–Trinajstić information content (AvgIpc) is 2.47. The molecular weight excluding hydrogens is 256 g/mol. The van der Waals surface area contributed by atoms with Crippen LogP contribution in [-0.4, -0.2) is 18.2 Å². The number of carboxylic acid groups (broad SMARTS) is 1. The van der Waals surface area contributed by atoms with Crippen LogP contribution in [0.4, 0.5) is 0 Å². The van der Waals surface area contributed by atoms with Gasteiger partial charge in [0.15, 0.2) is 6.10 Å². The maximum Gasteiger partial charge on any atom is 0.337 e. The molecule has 0 aliphatic rings. The van der Waals surface area contributed by atoms with Crippen LogP contribution in [0.25, 0.3) is 0 Å². The first kappa shape index (κ1) is 14.1. The second-order valence-electron chi connectivity index (χ2n) is 4.30. The summed E-state index contributed by atoms with van der Waals surface area (Å²) in [6, 6.07) is 16.7. The number of ether oxygens (including phenoxy) is 2. The molecule has 1 N–H and O–H groups in total. The number of carbonyl (C=O) groups is 1. The molecule has 20 heavy (non-hydrogen) atoms. The van der Waals surface area contributed by atoms with Crippen molar-refractivity contribution in [2.45, 2.75) is 12.7 Å². The molecule has 0 aromatic heterocycles. The van der Waals surface area contributed by atoms with Crippen molar-refractivity contribution in [1.82, 2.24) is 0 Å². The molecule has 1 atom stereocenters. The van der Waals surface area contributed by atoms with Gasteiger partial charge in [-0.05, 0) is 23.3 Å². The number of aliphatic carboxylic acids is 1. The number of rotatable bonds is 6. The van der Waals surface area contributed by atoms with Crippen LogP contribution in [0, 0.1) is 0 Å². The molecule has 4 heteroatoms. The molecule has 1 unspecified atom stereocenters. The molecule has 0 saturated heterocycles. The van der Waals surface area contributed by atoms with Crippen molar-refractivity contribution in [3.8, 4) is 5.75 Å². The van der Waals surface area contributed by atoms with E-state index in [0.717, 1.165) is 5.56 Å². The fourth-order valence-corrected chi connectivity index (χ4v) is 1.89. The first-order chi connectivity index (χ1) is 9.70. The van der Waals surface area contributed by atoms with Crippen LogP contribution in [0.5, 0.6) is 5.75 Å². The maximum absolute atomic E-state index is 11.1. The van der Waals surface area contributed by atoms with Crippen LogP contribution in [-0.2, 0) is 16.1 Å². The second kappa shape index (κ2) is 6.73. The fraction of sp³-hybridized carbons (Fsp3) is 0.188. The molecule has 0 heterocycles. The third-order valence-electron chi connectivity index (χ3n) is 2.87. The van der Waals surface area contributed by atoms with E-state index in [-0.39, 0.29) is 0 Å². The zero-order valence-electron chi connectivity index (χ0n) is 11.2. The first-order valence-electron chi connectivity index (χ1n) is 6.23. The van der Waals surface area contributed by atoms with Gasteiger partial charge in [-0.1, -0.05) is 42.5 Å². The van der Waals surface area contributed by atoms with E-state index in [1.54, 1.807) is 24.3 Å². The predicted octanol–water partition coefficient (Wildman–Crippen LogP) is 3.04. The Bertz CT molecular complexity index is 566. The number of benzene rings is 2. The molecule has 2 aromatic carbocycles. The molecule has 0 saturated carbocycles. The van der Waals surface area contributed by atoms with Gasteiger partial charge in [-0.25, -0.2) is 4.79 Å². The van der Waals surface area contributed by atoms with Crippen molar-refractivity contribution >= 4 is 5.97 Å². The summed E-state index contributed by atoms with van der Waals surface area (Å²) in [5.74, 6) is -0.401. The highest BCUT2D eigenvalue weighted by Gasteiger charge is 2.19. The quantitative estimate of drug-likeness (QED) is 0.878. The lowest BCUT2D eigenvalue weighted by molar-refractivity contribution is -0.148. The SMILES string of the molecule is COC(C(=O)O)c1cccc(OCc2ccccc2)c1. The Morgan fingerprint density at radius 3 is 2.55 bits per heavy atom. The van der Waals surface area contributed by atoms with Crippen molar-refractivity contribution < 1.29 is 19.4 Å². The lowest BCUT2D eigenvalue weighted by Gasteiger charge is -2.12. The van der Waals surface area contributed by atoms with E-state index in [2.05, 4.69) is 0 Å². The van der Waals surface area contributed by atoms with Gasteiger partial charge in [0, 0.05) is 7.11 Å². The number of carboxylic acids is 1. The van der Waals surface area contributed by atoms with Crippen LogP contribution in [0.1, 0.15) is 17.2 Å². The smallest absolute Gasteiger partial charge is 0.337 e. The molecule has 0 spiro atoms. The Kier molecular flexibility index (Phi) is 4.74. The molecule has 0 fully saturated rings. The number of hydrogen-bond donors (Lipinski definition) is 1. The second-order valence-corrected chi connectivity index (χ2v) is 4.30. The standard InChI is InChI=1S/C16H16O4/c1-19-15(16(17)18)13-8-5-9-14(10-13)20-11-12-6-3-2-4-7-12/h2-10,15H,11H2,1H3,(H,17,18). The average molecular weight is 272 g/mol. The van der Waals surface area contributed by atoms with E-state index in [4.69, 9.17) is 14.6 Å². The van der Waals surface area contributed by atoms with Gasteiger partial charge >= 0.3 is 5.97 Å². The van der Waals surface area contributed by atoms with Crippen LogP contribution in [0.15, 0.2) is 54.6 Å². The molecule has 0 amide bonds. The zero-order valence-corrected chi connectivity index (χ0v) is 11.2. The van der Waals surface area contributed by atoms with Crippen LogP contribution in [0.2, 0.25) is 0 Å². The van der Waals surface area contributed by atoms with E-state index < -0.39 is 12.1 Å². The largest absolute Gasteiger partial charge is 0.489 e. The highest BCUT2D eigenvalue weighted by molar-refractivity contribution is 5.74. The molecule has 0 bridgehead atoms. The van der Waals surface area contributed by atoms with E-state index in [1.165, 1.54) is 7.11 Å². The highest BCUT2D eigenvalue weighted by atomic mass is 16.5. The first-order valence-corrected chi connectivity index (χ1v) is 6.23. The Hall–Kier alpha value is -2.33. The van der Waals surface area contributed by atoms with Crippen molar-refractivity contribution in [2.24, 2.45) is 0 Å². The van der Waals surface area contributed by atoms with E-state index in [9.17, 15) is 4.79 Å². The predicted molar refractivity (Wildman–Crippen MR) is 74.6 cm³/mol. The minimum absolute atomic E-state index is 0.439. The van der Waals surface area contributed by atoms with Crippen LogP contribution >= 0.6 is 0 Å². The molecule has 4 nitrogen and oxygen atoms in total. The molecule has 0 aliphatic carbocycles. The third kappa shape index (κ3) is 3.59. The van der Waals surface area contributed by atoms with E-state index >= 15 is 0 Å². The van der Waals surface area contributed by atoms with E-state index in [1.807, 2.05) is 30.3 Å². The summed E-state index contributed by atoms with van der Waals surface area (Å²) < 4.78 is 10.6.